The van der Waals surface area contributed by atoms with E-state index in [0.29, 0.717) is 0 Å². The van der Waals surface area contributed by atoms with Gasteiger partial charge < -0.3 is 0 Å². The molecule has 0 aliphatic rings. The lowest BCUT2D eigenvalue weighted by atomic mass is 10.1. The van der Waals surface area contributed by atoms with E-state index in [1.165, 1.54) is 12.1 Å². The predicted molar refractivity (Wildman–Crippen MR) is 56.0 cm³/mol. The van der Waals surface area contributed by atoms with Gasteiger partial charge in [-0.25, -0.2) is 4.39 Å². The molecule has 0 N–H and O–H groups in total. The van der Waals surface area contributed by atoms with Crippen molar-refractivity contribution >= 4 is 52.2 Å². The molecule has 1 nitrogen and oxygen atoms in total. The molecule has 0 radical (unpaired) electrons. The van der Waals surface area contributed by atoms with E-state index in [9.17, 15) is 9.18 Å². The van der Waals surface area contributed by atoms with Crippen molar-refractivity contribution < 1.29 is 9.18 Å². The second-order valence-electron chi connectivity index (χ2n) is 2.43. The Morgan fingerprint density at radius 3 is 2.36 bits per heavy atom. The molecule has 0 heterocycles. The Labute approximate surface area is 99.7 Å². The second kappa shape index (κ2) is 4.23. The molecular weight excluding hydrogens is 273 g/mol. The van der Waals surface area contributed by atoms with Crippen molar-refractivity contribution in [1.82, 2.24) is 0 Å². The fraction of sp³-hybridized carbons (Fsp3) is 0.125. The highest BCUT2D eigenvalue weighted by atomic mass is 35.6. The summed E-state index contributed by atoms with van der Waals surface area (Å²) < 4.78 is 10.8. The molecule has 0 spiro atoms. The molecule has 0 aliphatic carbocycles. The fourth-order valence-electron chi connectivity index (χ4n) is 0.832. The van der Waals surface area contributed by atoms with E-state index >= 15 is 0 Å². The Bertz CT molecular complexity index is 372. The Balaban J connectivity index is 3.21. The molecule has 0 saturated carbocycles. The van der Waals surface area contributed by atoms with Crippen molar-refractivity contribution in [2.45, 2.75) is 3.79 Å². The van der Waals surface area contributed by atoms with Gasteiger partial charge in [-0.05, 0) is 12.1 Å². The maximum absolute atomic E-state index is 12.9. The van der Waals surface area contributed by atoms with Gasteiger partial charge in [-0.1, -0.05) is 52.5 Å². The van der Waals surface area contributed by atoms with E-state index in [4.69, 9.17) is 46.4 Å². The lowest BCUT2D eigenvalue weighted by Gasteiger charge is -2.10. The molecule has 14 heavy (non-hydrogen) atoms. The van der Waals surface area contributed by atoms with Crippen molar-refractivity contribution in [1.29, 1.82) is 0 Å². The van der Waals surface area contributed by atoms with E-state index in [0.717, 1.165) is 6.07 Å². The highest BCUT2D eigenvalue weighted by Crippen LogP contribution is 2.33. The summed E-state index contributed by atoms with van der Waals surface area (Å²) in [5.41, 5.74) is -0.147. The molecule has 0 unspecified atom stereocenters. The van der Waals surface area contributed by atoms with Crippen LogP contribution < -0.4 is 0 Å². The topological polar surface area (TPSA) is 17.1 Å². The second-order valence-corrected chi connectivity index (χ2v) is 5.09. The molecule has 0 bridgehead atoms. The summed E-state index contributed by atoms with van der Waals surface area (Å²) in [6, 6.07) is 3.71. The Kier molecular flexibility index (Phi) is 3.64. The Morgan fingerprint density at radius 1 is 1.29 bits per heavy atom. The van der Waals surface area contributed by atoms with Gasteiger partial charge in [-0.2, -0.15) is 0 Å². The van der Waals surface area contributed by atoms with Crippen LogP contribution in [0.25, 0.3) is 0 Å². The molecule has 6 heteroatoms. The van der Waals surface area contributed by atoms with Crippen LogP contribution in [0.5, 0.6) is 0 Å². The van der Waals surface area contributed by atoms with Crippen molar-refractivity contribution in [3.63, 3.8) is 0 Å². The molecular formula is C8H3Cl4FO. The van der Waals surface area contributed by atoms with Gasteiger partial charge in [0.2, 0.25) is 5.78 Å². The number of Topliss-reactive ketones (excluding diaryl/α,β-unsaturated/α-hetero) is 1. The van der Waals surface area contributed by atoms with Crippen molar-refractivity contribution in [2.75, 3.05) is 0 Å². The Morgan fingerprint density at radius 2 is 1.86 bits per heavy atom. The molecule has 1 rings (SSSR count). The average Bonchev–Trinajstić information content (AvgIpc) is 2.07. The standard InChI is InChI=1S/C8H3Cl4FO/c9-6-4(2-1-3-5(6)13)7(14)8(10,11)12/h1-3H. The number of carbonyl (C=O) groups excluding carboxylic acids is 1. The summed E-state index contributed by atoms with van der Waals surface area (Å²) in [4.78, 5) is 11.4. The van der Waals surface area contributed by atoms with Gasteiger partial charge in [0.25, 0.3) is 3.79 Å². The molecule has 0 amide bonds. The summed E-state index contributed by atoms with van der Waals surface area (Å²) in [5, 5.41) is -0.344. The highest BCUT2D eigenvalue weighted by Gasteiger charge is 2.33. The smallest absolute Gasteiger partial charge is 0.253 e. The Hall–Kier alpha value is -0.0200. The molecule has 0 saturated heterocycles. The molecule has 1 aromatic carbocycles. The number of ketones is 1. The summed E-state index contributed by atoms with van der Waals surface area (Å²) in [6.07, 6.45) is 0. The third kappa shape index (κ3) is 2.51. The van der Waals surface area contributed by atoms with Gasteiger partial charge in [0.1, 0.15) is 5.82 Å². The van der Waals surface area contributed by atoms with E-state index in [2.05, 4.69) is 0 Å². The summed E-state index contributed by atoms with van der Waals surface area (Å²) in [5.74, 6) is -1.58. The van der Waals surface area contributed by atoms with Gasteiger partial charge in [-0.3, -0.25) is 4.79 Å². The molecule has 76 valence electrons. The van der Waals surface area contributed by atoms with Crippen molar-refractivity contribution in [3.05, 3.63) is 34.6 Å². The summed E-state index contributed by atoms with van der Waals surface area (Å²) in [7, 11) is 0. The molecule has 0 atom stereocenters. The van der Waals surface area contributed by atoms with Gasteiger partial charge in [-0.15, -0.1) is 0 Å². The zero-order valence-corrected chi connectivity index (χ0v) is 9.55. The van der Waals surface area contributed by atoms with Gasteiger partial charge in [0, 0.05) is 5.56 Å². The molecule has 0 fully saturated rings. The van der Waals surface area contributed by atoms with Crippen LogP contribution in [0, 0.1) is 5.82 Å². The predicted octanol–water partition coefficient (Wildman–Crippen LogP) is 4.03. The maximum atomic E-state index is 12.9. The SMILES string of the molecule is O=C(c1cccc(F)c1Cl)C(Cl)(Cl)Cl. The number of hydrogen-bond acceptors (Lipinski definition) is 1. The first-order valence-corrected chi connectivity index (χ1v) is 4.90. The average molecular weight is 276 g/mol. The number of rotatable bonds is 1. The zero-order chi connectivity index (χ0) is 10.9. The fourth-order valence-corrected chi connectivity index (χ4v) is 1.35. The first-order valence-electron chi connectivity index (χ1n) is 3.39. The number of alkyl halides is 3. The minimum Gasteiger partial charge on any atom is -0.289 e. The van der Waals surface area contributed by atoms with Gasteiger partial charge in [0.15, 0.2) is 0 Å². The van der Waals surface area contributed by atoms with Crippen LogP contribution in [0.4, 0.5) is 4.39 Å². The third-order valence-electron chi connectivity index (χ3n) is 1.45. The van der Waals surface area contributed by atoms with Crippen LogP contribution in [-0.2, 0) is 0 Å². The minimum atomic E-state index is -2.13. The molecule has 0 aromatic heterocycles. The molecule has 0 aliphatic heterocycles. The van der Waals surface area contributed by atoms with Crippen LogP contribution in [0.15, 0.2) is 18.2 Å². The maximum Gasteiger partial charge on any atom is 0.253 e. The highest BCUT2D eigenvalue weighted by molar-refractivity contribution is 6.77. The van der Waals surface area contributed by atoms with E-state index in [1.807, 2.05) is 0 Å². The van der Waals surface area contributed by atoms with Gasteiger partial charge in [0.05, 0.1) is 5.02 Å². The van der Waals surface area contributed by atoms with Crippen LogP contribution in [0.3, 0.4) is 0 Å². The lowest BCUT2D eigenvalue weighted by Crippen LogP contribution is -2.19. The van der Waals surface area contributed by atoms with E-state index in [-0.39, 0.29) is 10.6 Å². The van der Waals surface area contributed by atoms with Crippen molar-refractivity contribution in [2.24, 2.45) is 0 Å². The first kappa shape index (κ1) is 12.1. The number of carbonyl (C=O) groups is 1. The van der Waals surface area contributed by atoms with Crippen LogP contribution in [0.1, 0.15) is 10.4 Å². The van der Waals surface area contributed by atoms with Crippen LogP contribution >= 0.6 is 46.4 Å². The van der Waals surface area contributed by atoms with Crippen molar-refractivity contribution in [3.8, 4) is 0 Å². The third-order valence-corrected chi connectivity index (χ3v) is 2.35. The zero-order valence-electron chi connectivity index (χ0n) is 6.53. The van der Waals surface area contributed by atoms with E-state index in [1.54, 1.807) is 0 Å². The summed E-state index contributed by atoms with van der Waals surface area (Å²) >= 11 is 21.6. The summed E-state index contributed by atoms with van der Waals surface area (Å²) in [6.45, 7) is 0. The largest absolute Gasteiger partial charge is 0.289 e. The quantitative estimate of drug-likeness (QED) is 0.559. The number of halogens is 5. The number of benzene rings is 1. The monoisotopic (exact) mass is 274 g/mol. The molecule has 1 aromatic rings. The van der Waals surface area contributed by atoms with E-state index < -0.39 is 15.4 Å². The number of hydrogen-bond donors (Lipinski definition) is 0. The normalized spacial score (nSPS) is 11.5. The minimum absolute atomic E-state index is 0.147. The first-order chi connectivity index (χ1) is 6.34. The van der Waals surface area contributed by atoms with Crippen LogP contribution in [0.2, 0.25) is 5.02 Å². The van der Waals surface area contributed by atoms with Gasteiger partial charge >= 0.3 is 0 Å². The van der Waals surface area contributed by atoms with Crippen LogP contribution in [-0.4, -0.2) is 9.58 Å². The lowest BCUT2D eigenvalue weighted by molar-refractivity contribution is 0.0996.